The number of rotatable bonds is 14. The summed E-state index contributed by atoms with van der Waals surface area (Å²) in [5, 5.41) is 9.48. The fourth-order valence-electron chi connectivity index (χ4n) is 5.56. The Morgan fingerprint density at radius 1 is 0.558 bits per heavy atom. The predicted molar refractivity (Wildman–Crippen MR) is 181 cm³/mol. The normalized spacial score (nSPS) is 17.3. The van der Waals surface area contributed by atoms with E-state index in [0.717, 1.165) is 20.9 Å². The summed E-state index contributed by atoms with van der Waals surface area (Å²) in [5.41, 5.74) is 2.86. The van der Waals surface area contributed by atoms with Crippen molar-refractivity contribution in [2.24, 2.45) is 11.8 Å². The lowest BCUT2D eigenvalue weighted by molar-refractivity contribution is -0.144. The largest absolute Gasteiger partial charge is 0.448 e. The van der Waals surface area contributed by atoms with Crippen LogP contribution in [0.25, 0.3) is 0 Å². The van der Waals surface area contributed by atoms with Gasteiger partial charge in [-0.05, 0) is 35.1 Å². The lowest BCUT2D eigenvalue weighted by Gasteiger charge is -2.30. The van der Waals surface area contributed by atoms with Crippen molar-refractivity contribution in [1.82, 2.24) is 31.1 Å². The van der Waals surface area contributed by atoms with E-state index in [1.54, 1.807) is 84.9 Å². The number of carbonyl (C=O) groups excluding carboxylic acids is 8. The summed E-state index contributed by atoms with van der Waals surface area (Å²) in [7, 11) is 0. The van der Waals surface area contributed by atoms with Gasteiger partial charge in [-0.1, -0.05) is 84.9 Å². The predicted octanol–water partition coefficient (Wildman–Crippen LogP) is 2.01. The minimum Gasteiger partial charge on any atom is -0.448 e. The maximum atomic E-state index is 12.9. The van der Waals surface area contributed by atoms with E-state index in [1.165, 1.54) is 0 Å². The third-order valence-corrected chi connectivity index (χ3v) is 8.24. The highest BCUT2D eigenvalue weighted by Crippen LogP contribution is 2.18. The van der Waals surface area contributed by atoms with Crippen molar-refractivity contribution >= 4 is 47.9 Å². The van der Waals surface area contributed by atoms with Gasteiger partial charge in [0.1, 0.15) is 25.0 Å². The Hall–Kier alpha value is -6.58. The Bertz CT molecular complexity index is 1710. The molecule has 2 saturated heterocycles. The molecular formula is C36H36N6O10. The first-order chi connectivity index (χ1) is 25.1. The van der Waals surface area contributed by atoms with Crippen molar-refractivity contribution in [3.8, 4) is 0 Å². The Balaban J connectivity index is 1.00. The number of imide groups is 4. The molecule has 0 aliphatic carbocycles. The van der Waals surface area contributed by atoms with Crippen LogP contribution in [0.2, 0.25) is 0 Å². The van der Waals surface area contributed by atoms with E-state index in [0.29, 0.717) is 11.1 Å². The van der Waals surface area contributed by atoms with Crippen LogP contribution in [0.15, 0.2) is 84.9 Å². The second-order valence-electron chi connectivity index (χ2n) is 11.9. The molecule has 3 aromatic carbocycles. The van der Waals surface area contributed by atoms with Crippen LogP contribution in [0.1, 0.15) is 22.3 Å². The van der Waals surface area contributed by atoms with Gasteiger partial charge in [-0.15, -0.1) is 0 Å². The number of hydrogen-bond acceptors (Lipinski definition) is 10. The summed E-state index contributed by atoms with van der Waals surface area (Å²) in [4.78, 5) is 101. The molecule has 4 N–H and O–H groups in total. The molecule has 16 nitrogen and oxygen atoms in total. The maximum Gasteiger partial charge on any atom is 0.407 e. The van der Waals surface area contributed by atoms with Gasteiger partial charge in [0.2, 0.25) is 23.6 Å². The number of benzene rings is 3. The summed E-state index contributed by atoms with van der Waals surface area (Å²) in [6, 6.07) is 23.0. The summed E-state index contributed by atoms with van der Waals surface area (Å²) in [6.07, 6.45) is -1.36. The molecule has 2 unspecified atom stereocenters. The number of hydrogen-bond donors (Lipinski definition) is 4. The van der Waals surface area contributed by atoms with Crippen molar-refractivity contribution in [3.63, 3.8) is 0 Å². The van der Waals surface area contributed by atoms with Crippen LogP contribution < -0.4 is 21.3 Å². The van der Waals surface area contributed by atoms with Gasteiger partial charge in [0.15, 0.2) is 0 Å². The van der Waals surface area contributed by atoms with Crippen molar-refractivity contribution < 1.29 is 47.8 Å². The molecule has 0 radical (unpaired) electrons. The third kappa shape index (κ3) is 9.77. The second-order valence-corrected chi connectivity index (χ2v) is 11.9. The summed E-state index contributed by atoms with van der Waals surface area (Å²) in [5.74, 6) is -4.89. The van der Waals surface area contributed by atoms with Gasteiger partial charge in [0.25, 0.3) is 0 Å². The molecule has 3 aromatic rings. The maximum absolute atomic E-state index is 12.9. The minimum atomic E-state index is -1.09. The first-order valence-corrected chi connectivity index (χ1v) is 16.4. The average molecular weight is 713 g/mol. The summed E-state index contributed by atoms with van der Waals surface area (Å²) < 4.78 is 10.3. The van der Waals surface area contributed by atoms with Crippen LogP contribution in [0.3, 0.4) is 0 Å². The molecule has 270 valence electrons. The van der Waals surface area contributed by atoms with E-state index in [1.807, 2.05) is 0 Å². The molecule has 0 bridgehead atoms. The van der Waals surface area contributed by atoms with Gasteiger partial charge in [-0.2, -0.15) is 0 Å². The van der Waals surface area contributed by atoms with Crippen LogP contribution >= 0.6 is 0 Å². The molecule has 2 aliphatic heterocycles. The molecule has 0 aromatic heterocycles. The van der Waals surface area contributed by atoms with E-state index in [2.05, 4.69) is 21.3 Å². The number of urea groups is 2. The lowest BCUT2D eigenvalue weighted by atomic mass is 9.95. The Labute approximate surface area is 297 Å². The lowest BCUT2D eigenvalue weighted by Crippen LogP contribution is -2.59. The summed E-state index contributed by atoms with van der Waals surface area (Å²) in [6.45, 7) is -0.965. The molecule has 5 rings (SSSR count). The quantitative estimate of drug-likeness (QED) is 0.179. The van der Waals surface area contributed by atoms with Crippen LogP contribution in [0.5, 0.6) is 0 Å². The second kappa shape index (κ2) is 17.4. The fourth-order valence-corrected chi connectivity index (χ4v) is 5.56. The van der Waals surface area contributed by atoms with Crippen molar-refractivity contribution in [2.45, 2.75) is 25.9 Å². The molecule has 16 heteroatoms. The average Bonchev–Trinajstić information content (AvgIpc) is 3.14. The zero-order valence-electron chi connectivity index (χ0n) is 27.9. The van der Waals surface area contributed by atoms with Crippen LogP contribution in [-0.2, 0) is 54.6 Å². The number of carbonyl (C=O) groups is 8. The van der Waals surface area contributed by atoms with Crippen molar-refractivity contribution in [3.05, 3.63) is 107 Å². The molecule has 52 heavy (non-hydrogen) atoms. The number of amides is 10. The molecule has 2 aliphatic rings. The molecule has 10 amide bonds. The molecule has 0 spiro atoms. The van der Waals surface area contributed by atoms with Gasteiger partial charge < -0.3 is 20.1 Å². The van der Waals surface area contributed by atoms with E-state index < -0.39 is 59.7 Å². The van der Waals surface area contributed by atoms with E-state index in [-0.39, 0.29) is 52.2 Å². The zero-order valence-corrected chi connectivity index (χ0v) is 27.9. The van der Waals surface area contributed by atoms with Gasteiger partial charge in [-0.25, -0.2) is 19.2 Å². The highest BCUT2D eigenvalue weighted by Gasteiger charge is 2.41. The van der Waals surface area contributed by atoms with Gasteiger partial charge >= 0.3 is 24.2 Å². The van der Waals surface area contributed by atoms with Crippen molar-refractivity contribution in [2.75, 3.05) is 26.3 Å². The topological polar surface area (TPSA) is 210 Å². The van der Waals surface area contributed by atoms with E-state index >= 15 is 0 Å². The van der Waals surface area contributed by atoms with E-state index in [4.69, 9.17) is 9.47 Å². The number of nitrogens with zero attached hydrogens (tertiary/aromatic N) is 2. The third-order valence-electron chi connectivity index (χ3n) is 8.24. The number of ether oxygens (including phenoxy) is 2. The monoisotopic (exact) mass is 712 g/mol. The molecule has 0 saturated carbocycles. The SMILES string of the molecule is O=C(NCc1cccc(CNC(=O)OCCN2C(=O)NC(=O)C(Cc3ccccc3)C2=O)c1)OCCN1C(=O)NC(=O)C(Cc2ccccc2)C1=O. The smallest absolute Gasteiger partial charge is 0.407 e. The van der Waals surface area contributed by atoms with Crippen LogP contribution in [0, 0.1) is 11.8 Å². The Morgan fingerprint density at radius 2 is 0.942 bits per heavy atom. The standard InChI is InChI=1S/C36H36N6O10/c43-29-27(19-23-8-3-1-4-9-23)31(45)41(33(47)39-29)14-16-51-35(49)37-21-25-12-7-13-26(18-25)22-38-36(50)52-17-15-42-32(46)28(30(44)40-34(42)48)20-24-10-5-2-6-11-24/h1-13,18,27-28H,14-17,19-22H2,(H,37,49)(H,38,50)(H,39,43,47)(H,40,44,48). The van der Waals surface area contributed by atoms with Crippen LogP contribution in [0.4, 0.5) is 19.2 Å². The molecular weight excluding hydrogens is 676 g/mol. The zero-order chi connectivity index (χ0) is 37.0. The van der Waals surface area contributed by atoms with Gasteiger partial charge in [0, 0.05) is 13.1 Å². The molecule has 2 atom stereocenters. The van der Waals surface area contributed by atoms with Gasteiger partial charge in [0.05, 0.1) is 13.1 Å². The highest BCUT2D eigenvalue weighted by atomic mass is 16.6. The fraction of sp³-hybridized carbons (Fsp3) is 0.278. The number of nitrogens with one attached hydrogen (secondary N) is 4. The van der Waals surface area contributed by atoms with Gasteiger partial charge in [-0.3, -0.25) is 39.6 Å². The number of alkyl carbamates (subject to hydrolysis) is 2. The molecule has 2 fully saturated rings. The Kier molecular flexibility index (Phi) is 12.3. The first kappa shape index (κ1) is 36.7. The first-order valence-electron chi connectivity index (χ1n) is 16.4. The summed E-state index contributed by atoms with van der Waals surface area (Å²) >= 11 is 0. The Morgan fingerprint density at radius 3 is 1.35 bits per heavy atom. The van der Waals surface area contributed by atoms with Crippen LogP contribution in [-0.4, -0.2) is 84.0 Å². The van der Waals surface area contributed by atoms with E-state index in [9.17, 15) is 38.4 Å². The minimum absolute atomic E-state index is 0.0631. The highest BCUT2D eigenvalue weighted by molar-refractivity contribution is 6.17. The van der Waals surface area contributed by atoms with Crippen molar-refractivity contribution in [1.29, 1.82) is 0 Å². The number of barbiturate groups is 2. The molecule has 2 heterocycles.